The minimum Gasteiger partial charge on any atom is -0.450 e. The highest BCUT2D eigenvalue weighted by molar-refractivity contribution is 6.17. The van der Waals surface area contributed by atoms with Crippen molar-refractivity contribution < 1.29 is 14.0 Å². The third kappa shape index (κ3) is 2.47. The van der Waals surface area contributed by atoms with Crippen LogP contribution in [0.5, 0.6) is 0 Å². The van der Waals surface area contributed by atoms with E-state index < -0.39 is 0 Å². The van der Waals surface area contributed by atoms with Crippen LogP contribution in [0.3, 0.4) is 0 Å². The van der Waals surface area contributed by atoms with Crippen LogP contribution in [0.2, 0.25) is 0 Å². The van der Waals surface area contributed by atoms with Crippen molar-refractivity contribution in [2.45, 2.75) is 0 Å². The molecule has 5 rings (SSSR count). The Balaban J connectivity index is 1.73. The van der Waals surface area contributed by atoms with Crippen LogP contribution in [-0.4, -0.2) is 16.3 Å². The molecule has 0 saturated heterocycles. The van der Waals surface area contributed by atoms with Crippen LogP contribution in [0.15, 0.2) is 95.4 Å². The number of hydrogen-bond acceptors (Lipinski definition) is 3. The van der Waals surface area contributed by atoms with E-state index in [1.807, 2.05) is 60.7 Å². The summed E-state index contributed by atoms with van der Waals surface area (Å²) in [6, 6.07) is 27.3. The van der Waals surface area contributed by atoms with Crippen molar-refractivity contribution in [2.24, 2.45) is 0 Å². The quantitative estimate of drug-likeness (QED) is 0.407. The van der Waals surface area contributed by atoms with Crippen molar-refractivity contribution in [3.63, 3.8) is 0 Å². The van der Waals surface area contributed by atoms with Gasteiger partial charge in [-0.25, -0.2) is 0 Å². The number of hydrogen-bond donors (Lipinski definition) is 0. The lowest BCUT2D eigenvalue weighted by Crippen LogP contribution is -2.11. The lowest BCUT2D eigenvalue weighted by molar-refractivity contribution is 0.0967. The summed E-state index contributed by atoms with van der Waals surface area (Å²) in [7, 11) is 0. The van der Waals surface area contributed by atoms with Crippen LogP contribution in [0, 0.1) is 0 Å². The van der Waals surface area contributed by atoms with Gasteiger partial charge in [-0.1, -0.05) is 60.7 Å². The van der Waals surface area contributed by atoms with E-state index in [0.717, 1.165) is 10.9 Å². The smallest absolute Gasteiger partial charge is 0.262 e. The Kier molecular flexibility index (Phi) is 3.69. The van der Waals surface area contributed by atoms with Crippen molar-refractivity contribution in [3.8, 4) is 0 Å². The van der Waals surface area contributed by atoms with Crippen molar-refractivity contribution >= 4 is 33.7 Å². The number of furan rings is 1. The normalized spacial score (nSPS) is 11.1. The highest BCUT2D eigenvalue weighted by Crippen LogP contribution is 2.33. The number of ketones is 1. The van der Waals surface area contributed by atoms with Gasteiger partial charge in [0.25, 0.3) is 5.91 Å². The molecule has 0 spiro atoms. The van der Waals surface area contributed by atoms with Gasteiger partial charge < -0.3 is 4.42 Å². The second-order valence-corrected chi connectivity index (χ2v) is 6.54. The minimum absolute atomic E-state index is 0.161. The third-order valence-electron chi connectivity index (χ3n) is 4.83. The van der Waals surface area contributed by atoms with Gasteiger partial charge in [-0.2, -0.15) is 0 Å². The second-order valence-electron chi connectivity index (χ2n) is 6.54. The van der Waals surface area contributed by atoms with Gasteiger partial charge in [0.15, 0.2) is 11.3 Å². The first-order chi connectivity index (χ1) is 13.7. The van der Waals surface area contributed by atoms with E-state index in [9.17, 15) is 9.59 Å². The number of aromatic nitrogens is 1. The lowest BCUT2D eigenvalue weighted by atomic mass is 10.1. The molecule has 0 radical (unpaired) electrons. The van der Waals surface area contributed by atoms with Gasteiger partial charge in [0.2, 0.25) is 5.78 Å². The highest BCUT2D eigenvalue weighted by atomic mass is 16.3. The fourth-order valence-electron chi connectivity index (χ4n) is 3.50. The molecule has 2 aromatic heterocycles. The van der Waals surface area contributed by atoms with Crippen LogP contribution in [0.1, 0.15) is 26.5 Å². The zero-order chi connectivity index (χ0) is 19.1. The second kappa shape index (κ2) is 6.35. The summed E-state index contributed by atoms with van der Waals surface area (Å²) in [6.45, 7) is 0. The largest absolute Gasteiger partial charge is 0.450 e. The van der Waals surface area contributed by atoms with Gasteiger partial charge >= 0.3 is 0 Å². The van der Waals surface area contributed by atoms with Crippen molar-refractivity contribution in [3.05, 3.63) is 108 Å². The SMILES string of the molecule is O=C(c1ccccc1)c1cc2c(o1)c1ccccc1n2C(=O)c1ccccc1. The van der Waals surface area contributed by atoms with Crippen LogP contribution in [-0.2, 0) is 0 Å². The molecular formula is C24H15NO3. The van der Waals surface area contributed by atoms with Crippen LogP contribution in [0.25, 0.3) is 22.0 Å². The monoisotopic (exact) mass is 365 g/mol. The number of fused-ring (bicyclic) bond motifs is 3. The first kappa shape index (κ1) is 16.3. The van der Waals surface area contributed by atoms with Gasteiger partial charge in [-0.15, -0.1) is 0 Å². The summed E-state index contributed by atoms with van der Waals surface area (Å²) < 4.78 is 7.56. The number of para-hydroxylation sites is 1. The van der Waals surface area contributed by atoms with Crippen LogP contribution in [0.4, 0.5) is 0 Å². The van der Waals surface area contributed by atoms with Crippen molar-refractivity contribution in [1.82, 2.24) is 4.57 Å². The summed E-state index contributed by atoms with van der Waals surface area (Å²) in [6.07, 6.45) is 0. The van der Waals surface area contributed by atoms with E-state index in [1.165, 1.54) is 0 Å². The van der Waals surface area contributed by atoms with Crippen LogP contribution < -0.4 is 0 Å². The summed E-state index contributed by atoms with van der Waals surface area (Å²) in [4.78, 5) is 26.0. The predicted molar refractivity (Wildman–Crippen MR) is 108 cm³/mol. The molecule has 0 bridgehead atoms. The molecule has 0 N–H and O–H groups in total. The summed E-state index contributed by atoms with van der Waals surface area (Å²) in [5.41, 5.74) is 3.00. The molecule has 28 heavy (non-hydrogen) atoms. The first-order valence-corrected chi connectivity index (χ1v) is 8.96. The van der Waals surface area contributed by atoms with Gasteiger partial charge in [0.05, 0.1) is 11.0 Å². The fraction of sp³-hybridized carbons (Fsp3) is 0. The molecule has 3 aromatic carbocycles. The molecule has 0 fully saturated rings. The fourth-order valence-corrected chi connectivity index (χ4v) is 3.50. The predicted octanol–water partition coefficient (Wildman–Crippen LogP) is 5.31. The van der Waals surface area contributed by atoms with Crippen molar-refractivity contribution in [2.75, 3.05) is 0 Å². The van der Waals surface area contributed by atoms with Gasteiger partial charge in [-0.05, 0) is 24.3 Å². The Hall–Kier alpha value is -3.92. The van der Waals surface area contributed by atoms with E-state index in [0.29, 0.717) is 22.2 Å². The summed E-state index contributed by atoms with van der Waals surface area (Å²) >= 11 is 0. The molecule has 134 valence electrons. The molecule has 0 amide bonds. The number of benzene rings is 3. The molecule has 0 saturated carbocycles. The zero-order valence-corrected chi connectivity index (χ0v) is 14.8. The maximum absolute atomic E-state index is 13.2. The van der Waals surface area contributed by atoms with E-state index in [4.69, 9.17) is 4.42 Å². The number of nitrogens with zero attached hydrogens (tertiary/aromatic N) is 1. The van der Waals surface area contributed by atoms with E-state index in [2.05, 4.69) is 0 Å². The van der Waals surface area contributed by atoms with Crippen molar-refractivity contribution in [1.29, 1.82) is 0 Å². The molecule has 2 heterocycles. The zero-order valence-electron chi connectivity index (χ0n) is 14.8. The summed E-state index contributed by atoms with van der Waals surface area (Å²) in [5.74, 6) is -0.150. The average molecular weight is 365 g/mol. The molecular weight excluding hydrogens is 350 g/mol. The number of carbonyl (C=O) groups is 2. The molecule has 0 unspecified atom stereocenters. The van der Waals surface area contributed by atoms with E-state index >= 15 is 0 Å². The Morgan fingerprint density at radius 2 is 1.29 bits per heavy atom. The van der Waals surface area contributed by atoms with Gasteiger partial charge in [-0.3, -0.25) is 14.2 Å². The highest BCUT2D eigenvalue weighted by Gasteiger charge is 2.23. The Morgan fingerprint density at radius 3 is 2.00 bits per heavy atom. The number of rotatable bonds is 3. The van der Waals surface area contributed by atoms with E-state index in [1.54, 1.807) is 34.9 Å². The molecule has 4 nitrogen and oxygen atoms in total. The lowest BCUT2D eigenvalue weighted by Gasteiger charge is -2.05. The molecule has 0 aliphatic rings. The van der Waals surface area contributed by atoms with E-state index in [-0.39, 0.29) is 17.5 Å². The molecule has 0 aliphatic carbocycles. The summed E-state index contributed by atoms with van der Waals surface area (Å²) in [5, 5.41) is 0.800. The Bertz CT molecular complexity index is 1330. The van der Waals surface area contributed by atoms with Gasteiger partial charge in [0, 0.05) is 22.6 Å². The maximum Gasteiger partial charge on any atom is 0.262 e. The standard InChI is InChI=1S/C24H15NO3/c26-22(16-9-3-1-4-10-16)21-15-20-23(28-21)18-13-7-8-14-19(18)25(20)24(27)17-11-5-2-6-12-17/h1-15H. The first-order valence-electron chi connectivity index (χ1n) is 8.96. The molecule has 0 aliphatic heterocycles. The Morgan fingerprint density at radius 1 is 0.679 bits per heavy atom. The maximum atomic E-state index is 13.2. The Labute approximate surface area is 160 Å². The molecule has 5 aromatic rings. The molecule has 0 atom stereocenters. The number of carbonyl (C=O) groups excluding carboxylic acids is 2. The third-order valence-corrected chi connectivity index (χ3v) is 4.83. The van der Waals surface area contributed by atoms with Crippen LogP contribution >= 0.6 is 0 Å². The average Bonchev–Trinajstić information content (AvgIpc) is 3.31. The topological polar surface area (TPSA) is 52.2 Å². The van der Waals surface area contributed by atoms with Gasteiger partial charge in [0.1, 0.15) is 0 Å². The molecule has 4 heteroatoms. The minimum atomic E-state index is -0.209.